The number of hydrogen-bond acceptors (Lipinski definition) is 3. The molecule has 0 radical (unpaired) electrons. The lowest BCUT2D eigenvalue weighted by molar-refractivity contribution is -0.149. The summed E-state index contributed by atoms with van der Waals surface area (Å²) in [5.41, 5.74) is -0.802. The number of amides is 1. The van der Waals surface area contributed by atoms with Gasteiger partial charge in [-0.25, -0.2) is 4.79 Å². The maximum Gasteiger partial charge on any atom is 0.407 e. The van der Waals surface area contributed by atoms with E-state index < -0.39 is 17.5 Å². The molecule has 1 amide bonds. The first-order valence-electron chi connectivity index (χ1n) is 6.25. The Balaban J connectivity index is 2.58. The number of rotatable bonds is 4. The molecule has 1 rings (SSSR count). The highest BCUT2D eigenvalue weighted by Crippen LogP contribution is 2.34. The standard InChI is InChI=1S/C12H21NO4/c1-2-17-11(16)13-9-12(10(14)15)7-5-3-4-6-8-12/h2-9H2,1H3,(H,13,16)(H,14,15). The van der Waals surface area contributed by atoms with Crippen LogP contribution >= 0.6 is 0 Å². The maximum absolute atomic E-state index is 11.4. The number of alkyl carbamates (subject to hydrolysis) is 1. The smallest absolute Gasteiger partial charge is 0.407 e. The van der Waals surface area contributed by atoms with Crippen LogP contribution in [0.25, 0.3) is 0 Å². The van der Waals surface area contributed by atoms with Crippen molar-refractivity contribution < 1.29 is 19.4 Å². The molecule has 5 heteroatoms. The fourth-order valence-corrected chi connectivity index (χ4v) is 2.30. The number of carboxylic acid groups (broad SMARTS) is 1. The molecule has 0 unspecified atom stereocenters. The van der Waals surface area contributed by atoms with Gasteiger partial charge in [0, 0.05) is 6.54 Å². The van der Waals surface area contributed by atoms with Gasteiger partial charge in [-0.05, 0) is 19.8 Å². The fraction of sp³-hybridized carbons (Fsp3) is 0.833. The first-order valence-corrected chi connectivity index (χ1v) is 6.25. The molecule has 17 heavy (non-hydrogen) atoms. The molecule has 0 saturated heterocycles. The van der Waals surface area contributed by atoms with Crippen LogP contribution in [0.5, 0.6) is 0 Å². The number of ether oxygens (including phenoxy) is 1. The minimum Gasteiger partial charge on any atom is -0.481 e. The summed E-state index contributed by atoms with van der Waals surface area (Å²) in [7, 11) is 0. The summed E-state index contributed by atoms with van der Waals surface area (Å²) in [6.07, 6.45) is 4.72. The second-order valence-electron chi connectivity index (χ2n) is 4.57. The molecular weight excluding hydrogens is 222 g/mol. The van der Waals surface area contributed by atoms with E-state index in [1.807, 2.05) is 0 Å². The van der Waals surface area contributed by atoms with Crippen molar-refractivity contribution >= 4 is 12.1 Å². The van der Waals surface area contributed by atoms with Crippen molar-refractivity contribution in [2.24, 2.45) is 5.41 Å². The Morgan fingerprint density at radius 3 is 2.29 bits per heavy atom. The number of aliphatic carboxylic acids is 1. The summed E-state index contributed by atoms with van der Waals surface area (Å²) in [5.74, 6) is -0.809. The van der Waals surface area contributed by atoms with Crippen molar-refractivity contribution in [2.45, 2.75) is 45.4 Å². The predicted octanol–water partition coefficient (Wildman–Crippen LogP) is 2.16. The van der Waals surface area contributed by atoms with E-state index in [1.165, 1.54) is 0 Å². The molecule has 1 saturated carbocycles. The van der Waals surface area contributed by atoms with Gasteiger partial charge in [-0.1, -0.05) is 25.7 Å². The molecular formula is C12H21NO4. The molecule has 0 bridgehead atoms. The van der Waals surface area contributed by atoms with E-state index >= 15 is 0 Å². The molecule has 2 N–H and O–H groups in total. The van der Waals surface area contributed by atoms with Crippen LogP contribution in [-0.4, -0.2) is 30.3 Å². The largest absolute Gasteiger partial charge is 0.481 e. The number of carbonyl (C=O) groups excluding carboxylic acids is 1. The lowest BCUT2D eigenvalue weighted by atomic mass is 9.80. The predicted molar refractivity (Wildman–Crippen MR) is 62.8 cm³/mol. The lowest BCUT2D eigenvalue weighted by Gasteiger charge is -2.27. The van der Waals surface area contributed by atoms with Gasteiger partial charge >= 0.3 is 12.1 Å². The highest BCUT2D eigenvalue weighted by molar-refractivity contribution is 5.76. The molecule has 0 atom stereocenters. The summed E-state index contributed by atoms with van der Waals surface area (Å²) in [4.78, 5) is 22.6. The van der Waals surface area contributed by atoms with E-state index in [2.05, 4.69) is 5.32 Å². The molecule has 0 aromatic carbocycles. The van der Waals surface area contributed by atoms with Crippen LogP contribution in [0.1, 0.15) is 45.4 Å². The van der Waals surface area contributed by atoms with E-state index in [0.717, 1.165) is 25.7 Å². The number of hydrogen-bond donors (Lipinski definition) is 2. The third kappa shape index (κ3) is 3.91. The number of carboxylic acids is 1. The van der Waals surface area contributed by atoms with Gasteiger partial charge in [-0.15, -0.1) is 0 Å². The van der Waals surface area contributed by atoms with Crippen LogP contribution in [0.2, 0.25) is 0 Å². The van der Waals surface area contributed by atoms with E-state index in [4.69, 9.17) is 4.74 Å². The normalized spacial score (nSPS) is 19.1. The van der Waals surface area contributed by atoms with Crippen molar-refractivity contribution in [1.29, 1.82) is 0 Å². The van der Waals surface area contributed by atoms with Crippen molar-refractivity contribution in [3.05, 3.63) is 0 Å². The fourth-order valence-electron chi connectivity index (χ4n) is 2.30. The Kier molecular flexibility index (Phi) is 5.25. The summed E-state index contributed by atoms with van der Waals surface area (Å²) in [6.45, 7) is 2.19. The molecule has 0 aromatic rings. The maximum atomic E-state index is 11.4. The Morgan fingerprint density at radius 1 is 1.24 bits per heavy atom. The summed E-state index contributed by atoms with van der Waals surface area (Å²) in [6, 6.07) is 0. The zero-order chi connectivity index (χ0) is 12.7. The lowest BCUT2D eigenvalue weighted by Crippen LogP contribution is -2.43. The topological polar surface area (TPSA) is 75.6 Å². The highest BCUT2D eigenvalue weighted by atomic mass is 16.5. The zero-order valence-electron chi connectivity index (χ0n) is 10.3. The average Bonchev–Trinajstić information content (AvgIpc) is 2.53. The molecule has 0 aromatic heterocycles. The quantitative estimate of drug-likeness (QED) is 0.742. The van der Waals surface area contributed by atoms with Crippen LogP contribution in [0.4, 0.5) is 4.79 Å². The van der Waals surface area contributed by atoms with Crippen LogP contribution in [0, 0.1) is 5.41 Å². The summed E-state index contributed by atoms with van der Waals surface area (Å²) >= 11 is 0. The zero-order valence-corrected chi connectivity index (χ0v) is 10.3. The Bertz CT molecular complexity index is 270. The second kappa shape index (κ2) is 6.47. The van der Waals surface area contributed by atoms with E-state index in [0.29, 0.717) is 19.4 Å². The second-order valence-corrected chi connectivity index (χ2v) is 4.57. The van der Waals surface area contributed by atoms with Gasteiger partial charge in [0.05, 0.1) is 12.0 Å². The Morgan fingerprint density at radius 2 is 1.82 bits per heavy atom. The van der Waals surface area contributed by atoms with Crippen LogP contribution in [0.3, 0.4) is 0 Å². The van der Waals surface area contributed by atoms with Gasteiger partial charge < -0.3 is 15.2 Å². The summed E-state index contributed by atoms with van der Waals surface area (Å²) < 4.78 is 4.75. The van der Waals surface area contributed by atoms with Crippen LogP contribution in [0.15, 0.2) is 0 Å². The molecule has 1 fully saturated rings. The summed E-state index contributed by atoms with van der Waals surface area (Å²) in [5, 5.41) is 11.9. The van der Waals surface area contributed by atoms with Crippen molar-refractivity contribution in [2.75, 3.05) is 13.2 Å². The first-order chi connectivity index (χ1) is 8.10. The third-order valence-corrected chi connectivity index (χ3v) is 3.36. The SMILES string of the molecule is CCOC(=O)NCC1(C(=O)O)CCCCCC1. The van der Waals surface area contributed by atoms with E-state index in [9.17, 15) is 14.7 Å². The van der Waals surface area contributed by atoms with E-state index in [1.54, 1.807) is 6.92 Å². The molecule has 0 spiro atoms. The average molecular weight is 243 g/mol. The van der Waals surface area contributed by atoms with Gasteiger partial charge in [-0.2, -0.15) is 0 Å². The molecule has 1 aliphatic carbocycles. The molecule has 0 aliphatic heterocycles. The van der Waals surface area contributed by atoms with Gasteiger partial charge in [0.25, 0.3) is 0 Å². The van der Waals surface area contributed by atoms with Crippen molar-refractivity contribution in [3.8, 4) is 0 Å². The molecule has 98 valence electrons. The van der Waals surface area contributed by atoms with Gasteiger partial charge in [0.1, 0.15) is 0 Å². The van der Waals surface area contributed by atoms with Crippen LogP contribution < -0.4 is 5.32 Å². The molecule has 0 heterocycles. The molecule has 1 aliphatic rings. The number of nitrogens with one attached hydrogen (secondary N) is 1. The third-order valence-electron chi connectivity index (χ3n) is 3.36. The monoisotopic (exact) mass is 243 g/mol. The van der Waals surface area contributed by atoms with E-state index in [-0.39, 0.29) is 6.54 Å². The van der Waals surface area contributed by atoms with Gasteiger partial charge in [-0.3, -0.25) is 4.79 Å². The minimum absolute atomic E-state index is 0.168. The van der Waals surface area contributed by atoms with Crippen LogP contribution in [-0.2, 0) is 9.53 Å². The molecule has 5 nitrogen and oxygen atoms in total. The minimum atomic E-state index is -0.809. The van der Waals surface area contributed by atoms with Gasteiger partial charge in [0.15, 0.2) is 0 Å². The van der Waals surface area contributed by atoms with Crippen molar-refractivity contribution in [1.82, 2.24) is 5.32 Å². The Hall–Kier alpha value is -1.26. The first kappa shape index (κ1) is 13.8. The van der Waals surface area contributed by atoms with Gasteiger partial charge in [0.2, 0.25) is 0 Å². The number of carbonyl (C=O) groups is 2. The highest BCUT2D eigenvalue weighted by Gasteiger charge is 2.38. The van der Waals surface area contributed by atoms with Crippen molar-refractivity contribution in [3.63, 3.8) is 0 Å². The Labute approximate surface area is 102 Å².